The SMILES string of the molecule is [2H]c1c([2H])c([2H])c(-n2c3ccccc3c3cc(-c4ccc5c(c4)c4cc(-c6ccc7c(c6)c6ccccc6n7-c6c([2H])c([2H])c([2H])c([2H])c6[2H])ccc4n5-c4ccc5c(c4)C(C)(C)c4ccccc4-5)ccc32)c([2H])c1[2H]. The van der Waals surface area contributed by atoms with E-state index in [0.717, 1.165) is 93.4 Å². The average molecular weight is 852 g/mol. The van der Waals surface area contributed by atoms with Crippen LogP contribution in [-0.2, 0) is 5.41 Å². The molecule has 0 aliphatic heterocycles. The van der Waals surface area contributed by atoms with Gasteiger partial charge in [-0.15, -0.1) is 0 Å². The number of hydrogen-bond acceptors (Lipinski definition) is 0. The fraction of sp³-hybridized carbons (Fsp3) is 0.0476. The van der Waals surface area contributed by atoms with Crippen molar-refractivity contribution in [3.05, 3.63) is 235 Å². The molecule has 0 fully saturated rings. The van der Waals surface area contributed by atoms with Gasteiger partial charge in [-0.05, 0) is 141 Å². The Balaban J connectivity index is 0.977. The zero-order chi connectivity index (χ0) is 52.4. The van der Waals surface area contributed by atoms with Gasteiger partial charge in [-0.2, -0.15) is 0 Å². The van der Waals surface area contributed by atoms with E-state index >= 15 is 0 Å². The fourth-order valence-corrected chi connectivity index (χ4v) is 11.0. The average Bonchev–Trinajstić information content (AvgIpc) is 4.19. The lowest BCUT2D eigenvalue weighted by Crippen LogP contribution is -2.15. The Kier molecular flexibility index (Phi) is 5.94. The van der Waals surface area contributed by atoms with E-state index in [9.17, 15) is 0 Å². The van der Waals surface area contributed by atoms with Gasteiger partial charge in [-0.25, -0.2) is 0 Å². The fourth-order valence-electron chi connectivity index (χ4n) is 11.0. The Labute approximate surface area is 396 Å². The summed E-state index contributed by atoms with van der Waals surface area (Å²) in [4.78, 5) is 0. The van der Waals surface area contributed by atoms with E-state index in [-0.39, 0.29) is 65.1 Å². The van der Waals surface area contributed by atoms with Crippen LogP contribution in [0.25, 0.3) is 116 Å². The molecule has 0 amide bonds. The number of benzene rings is 10. The van der Waals surface area contributed by atoms with Crippen LogP contribution < -0.4 is 0 Å². The summed E-state index contributed by atoms with van der Waals surface area (Å²) in [6.07, 6.45) is 0. The molecule has 3 aromatic heterocycles. The summed E-state index contributed by atoms with van der Waals surface area (Å²) in [7, 11) is 0. The summed E-state index contributed by atoms with van der Waals surface area (Å²) in [5.74, 6) is 0. The van der Waals surface area contributed by atoms with Crippen LogP contribution in [-0.4, -0.2) is 13.7 Å². The smallest absolute Gasteiger partial charge is 0.0645 e. The third-order valence-electron chi connectivity index (χ3n) is 14.0. The number of para-hydroxylation sites is 4. The lowest BCUT2D eigenvalue weighted by molar-refractivity contribution is 0.660. The minimum atomic E-state index is -0.434. The van der Waals surface area contributed by atoms with Crippen LogP contribution in [0.15, 0.2) is 224 Å². The monoisotopic (exact) mass is 851 g/mol. The highest BCUT2D eigenvalue weighted by molar-refractivity contribution is 6.14. The van der Waals surface area contributed by atoms with Crippen LogP contribution in [0.3, 0.4) is 0 Å². The van der Waals surface area contributed by atoms with E-state index in [4.69, 9.17) is 13.7 Å². The number of aromatic nitrogens is 3. The maximum atomic E-state index is 8.91. The molecule has 0 radical (unpaired) electrons. The Hall–Kier alpha value is -8.40. The molecule has 0 saturated carbocycles. The highest BCUT2D eigenvalue weighted by Gasteiger charge is 2.35. The maximum Gasteiger partial charge on any atom is 0.0645 e. The van der Waals surface area contributed by atoms with Gasteiger partial charge in [0.25, 0.3) is 0 Å². The van der Waals surface area contributed by atoms with Gasteiger partial charge in [0.05, 0.1) is 46.8 Å². The van der Waals surface area contributed by atoms with Crippen molar-refractivity contribution in [1.29, 1.82) is 0 Å². The van der Waals surface area contributed by atoms with Crippen molar-refractivity contribution in [2.75, 3.05) is 0 Å². The molecule has 3 heteroatoms. The van der Waals surface area contributed by atoms with Crippen molar-refractivity contribution in [2.24, 2.45) is 0 Å². The first kappa shape index (κ1) is 28.4. The van der Waals surface area contributed by atoms with Crippen molar-refractivity contribution in [3.8, 4) is 50.4 Å². The van der Waals surface area contributed by atoms with Crippen LogP contribution in [0.2, 0.25) is 0 Å². The van der Waals surface area contributed by atoms with Crippen LogP contribution in [0.5, 0.6) is 0 Å². The Morgan fingerprint density at radius 2 is 0.697 bits per heavy atom. The summed E-state index contributed by atoms with van der Waals surface area (Å²) >= 11 is 0. The van der Waals surface area contributed by atoms with Gasteiger partial charge in [0, 0.05) is 54.8 Å². The molecule has 0 saturated heterocycles. The van der Waals surface area contributed by atoms with Crippen molar-refractivity contribution in [3.63, 3.8) is 0 Å². The van der Waals surface area contributed by atoms with E-state index in [1.165, 1.54) is 22.3 Å². The molecule has 0 atom stereocenters. The molecular weight excluding hydrogens is 799 g/mol. The molecule has 3 heterocycles. The van der Waals surface area contributed by atoms with E-state index < -0.39 is 12.1 Å². The summed E-state index contributed by atoms with van der Waals surface area (Å²) < 4.78 is 92.1. The topological polar surface area (TPSA) is 14.8 Å². The predicted octanol–water partition coefficient (Wildman–Crippen LogP) is 16.6. The van der Waals surface area contributed by atoms with Gasteiger partial charge in [-0.1, -0.05) is 141 Å². The lowest BCUT2D eigenvalue weighted by Gasteiger charge is -2.22. The largest absolute Gasteiger partial charge is 0.309 e. The van der Waals surface area contributed by atoms with E-state index in [1.54, 1.807) is 9.13 Å². The molecule has 66 heavy (non-hydrogen) atoms. The van der Waals surface area contributed by atoms with Crippen LogP contribution in [0, 0.1) is 0 Å². The normalized spacial score (nSPS) is 15.2. The molecule has 3 nitrogen and oxygen atoms in total. The molecule has 13 aromatic rings. The van der Waals surface area contributed by atoms with Gasteiger partial charge in [0.1, 0.15) is 0 Å². The second-order valence-corrected chi connectivity index (χ2v) is 17.8. The molecule has 1 aliphatic carbocycles. The van der Waals surface area contributed by atoms with Crippen molar-refractivity contribution in [2.45, 2.75) is 19.3 Å². The van der Waals surface area contributed by atoms with Gasteiger partial charge in [0.15, 0.2) is 0 Å². The summed E-state index contributed by atoms with van der Waals surface area (Å²) in [5.41, 5.74) is 14.9. The first-order valence-electron chi connectivity index (χ1n) is 27.2. The van der Waals surface area contributed by atoms with Crippen LogP contribution >= 0.6 is 0 Å². The quantitative estimate of drug-likeness (QED) is 0.164. The number of fused-ring (bicyclic) bond motifs is 12. The summed E-state index contributed by atoms with van der Waals surface area (Å²) in [6.45, 7) is 4.59. The Bertz CT molecular complexity index is 4450. The molecular formula is C63H43N3. The highest BCUT2D eigenvalue weighted by Crippen LogP contribution is 2.50. The molecule has 10 aromatic carbocycles. The second kappa shape index (κ2) is 13.8. The highest BCUT2D eigenvalue weighted by atomic mass is 15.0. The van der Waals surface area contributed by atoms with Crippen LogP contribution in [0.4, 0.5) is 0 Å². The van der Waals surface area contributed by atoms with Crippen molar-refractivity contribution < 1.29 is 13.7 Å². The maximum absolute atomic E-state index is 8.91. The molecule has 1 aliphatic rings. The first-order chi connectivity index (χ1) is 36.6. The van der Waals surface area contributed by atoms with E-state index in [0.29, 0.717) is 0 Å². The van der Waals surface area contributed by atoms with Gasteiger partial charge in [-0.3, -0.25) is 0 Å². The first-order valence-corrected chi connectivity index (χ1v) is 22.2. The molecule has 0 bridgehead atoms. The standard InChI is InChI=1S/C63H43N3/c1-63(2)55-22-12-9-19-47(55)48-30-29-46(39-56(48)63)66-61-33-27-42(40-25-31-59-51(35-40)49-20-10-13-23-57(49)64(59)44-15-5-3-6-16-44)37-53(61)54-38-43(28-34-62(54)66)41-26-32-60-52(36-41)50-21-11-14-24-58(50)65(60)45-17-7-4-8-18-45/h3-39H,1-2H3/i3D,4D,5D,6D,7D,8D,15D,16D,17D,18D. The summed E-state index contributed by atoms with van der Waals surface area (Å²) in [5, 5.41) is 5.63. The number of hydrogen-bond donors (Lipinski definition) is 0. The van der Waals surface area contributed by atoms with Gasteiger partial charge >= 0.3 is 0 Å². The van der Waals surface area contributed by atoms with Gasteiger partial charge in [0.2, 0.25) is 0 Å². The number of nitrogens with zero attached hydrogens (tertiary/aromatic N) is 3. The van der Waals surface area contributed by atoms with Crippen molar-refractivity contribution >= 4 is 65.4 Å². The third-order valence-corrected chi connectivity index (χ3v) is 14.0. The number of rotatable bonds is 5. The zero-order valence-corrected chi connectivity index (χ0v) is 35.9. The second-order valence-electron chi connectivity index (χ2n) is 17.8. The van der Waals surface area contributed by atoms with Crippen LogP contribution in [0.1, 0.15) is 38.7 Å². The minimum absolute atomic E-state index is 0.104. The molecule has 310 valence electrons. The third kappa shape index (κ3) is 5.26. The van der Waals surface area contributed by atoms with Gasteiger partial charge < -0.3 is 13.7 Å². The Morgan fingerprint density at radius 1 is 0.318 bits per heavy atom. The Morgan fingerprint density at radius 3 is 1.18 bits per heavy atom. The molecule has 14 rings (SSSR count). The molecule has 0 unspecified atom stereocenters. The lowest BCUT2D eigenvalue weighted by atomic mass is 9.82. The van der Waals surface area contributed by atoms with Crippen molar-refractivity contribution in [1.82, 2.24) is 13.7 Å². The summed E-state index contributed by atoms with van der Waals surface area (Å²) in [6, 6.07) is 53.0. The molecule has 0 N–H and O–H groups in total. The molecule has 0 spiro atoms. The zero-order valence-electron chi connectivity index (χ0n) is 45.9. The minimum Gasteiger partial charge on any atom is -0.309 e. The van der Waals surface area contributed by atoms with E-state index in [2.05, 4.69) is 109 Å². The van der Waals surface area contributed by atoms with E-state index in [1.807, 2.05) is 72.8 Å². The predicted molar refractivity (Wildman–Crippen MR) is 278 cm³/mol.